The highest BCUT2D eigenvalue weighted by Gasteiger charge is 2.29. The first-order valence-corrected chi connectivity index (χ1v) is 8.61. The van der Waals surface area contributed by atoms with Crippen molar-refractivity contribution in [3.05, 3.63) is 47.3 Å². The molecule has 4 rings (SSSR count). The molecule has 2 atom stereocenters. The Balaban J connectivity index is 1.35. The fourth-order valence-electron chi connectivity index (χ4n) is 3.45. The number of hydrogen-bond donors (Lipinski definition) is 4. The highest BCUT2D eigenvalue weighted by Crippen LogP contribution is 2.25. The number of amides is 4. The van der Waals surface area contributed by atoms with Gasteiger partial charge in [-0.1, -0.05) is 12.1 Å². The van der Waals surface area contributed by atoms with E-state index < -0.39 is 12.1 Å². The van der Waals surface area contributed by atoms with Crippen LogP contribution in [0, 0.1) is 5.92 Å². The van der Waals surface area contributed by atoms with Crippen molar-refractivity contribution in [3.63, 3.8) is 0 Å². The van der Waals surface area contributed by atoms with Crippen LogP contribution in [0.25, 0.3) is 0 Å². The zero-order chi connectivity index (χ0) is 18.1. The predicted molar refractivity (Wildman–Crippen MR) is 93.3 cm³/mol. The number of fused-ring (bicyclic) bond motifs is 1. The van der Waals surface area contributed by atoms with E-state index in [1.165, 1.54) is 0 Å². The van der Waals surface area contributed by atoms with E-state index in [-0.39, 0.29) is 17.7 Å². The molecule has 8 heteroatoms. The minimum Gasteiger partial charge on any atom is -0.326 e. The quantitative estimate of drug-likeness (QED) is 0.611. The van der Waals surface area contributed by atoms with Crippen molar-refractivity contribution < 1.29 is 14.4 Å². The van der Waals surface area contributed by atoms with Gasteiger partial charge in [0, 0.05) is 23.7 Å². The van der Waals surface area contributed by atoms with Gasteiger partial charge in [-0.2, -0.15) is 5.10 Å². The summed E-state index contributed by atoms with van der Waals surface area (Å²) in [5.41, 5.74) is 3.87. The molecule has 2 unspecified atom stereocenters. The number of imide groups is 1. The predicted octanol–water partition coefficient (Wildman–Crippen LogP) is 0.904. The molecule has 4 amide bonds. The molecule has 2 aromatic rings. The van der Waals surface area contributed by atoms with E-state index in [0.717, 1.165) is 35.3 Å². The summed E-state index contributed by atoms with van der Waals surface area (Å²) < 4.78 is 0. The Bertz CT molecular complexity index is 858. The Hall–Kier alpha value is -3.16. The summed E-state index contributed by atoms with van der Waals surface area (Å²) in [4.78, 5) is 35.2. The molecule has 1 aromatic carbocycles. The molecule has 2 aliphatic rings. The van der Waals surface area contributed by atoms with Gasteiger partial charge in [0.15, 0.2) is 0 Å². The molecule has 0 spiro atoms. The van der Waals surface area contributed by atoms with Crippen molar-refractivity contribution in [2.75, 3.05) is 5.32 Å². The van der Waals surface area contributed by atoms with E-state index in [2.05, 4.69) is 26.1 Å². The standard InChI is InChI=1S/C18H19N5O3/c24-16(11-3-6-14-12(8-11)9-19-23-14)20-13-4-1-10(2-5-13)7-15-17(25)22-18(26)21-15/h1-2,4-5,9,11,15H,3,6-8H2,(H,19,23)(H,20,24)(H2,21,22,25,26). The summed E-state index contributed by atoms with van der Waals surface area (Å²) in [6.07, 6.45) is 4.54. The van der Waals surface area contributed by atoms with E-state index in [1.807, 2.05) is 24.3 Å². The van der Waals surface area contributed by atoms with Gasteiger partial charge in [-0.3, -0.25) is 20.0 Å². The monoisotopic (exact) mass is 353 g/mol. The number of carbonyl (C=O) groups excluding carboxylic acids is 3. The van der Waals surface area contributed by atoms with E-state index in [4.69, 9.17) is 0 Å². The average molecular weight is 353 g/mol. The lowest BCUT2D eigenvalue weighted by molar-refractivity contribution is -0.120. The zero-order valence-electron chi connectivity index (χ0n) is 14.0. The second-order valence-electron chi connectivity index (χ2n) is 6.72. The first-order valence-electron chi connectivity index (χ1n) is 8.61. The van der Waals surface area contributed by atoms with Crippen LogP contribution in [0.5, 0.6) is 0 Å². The fourth-order valence-corrected chi connectivity index (χ4v) is 3.45. The Morgan fingerprint density at radius 3 is 2.77 bits per heavy atom. The number of anilines is 1. The summed E-state index contributed by atoms with van der Waals surface area (Å²) in [5, 5.41) is 14.7. The van der Waals surface area contributed by atoms with Gasteiger partial charge in [0.05, 0.1) is 6.20 Å². The van der Waals surface area contributed by atoms with Gasteiger partial charge >= 0.3 is 6.03 Å². The van der Waals surface area contributed by atoms with Crippen molar-refractivity contribution in [2.45, 2.75) is 31.7 Å². The number of hydrogen-bond acceptors (Lipinski definition) is 4. The molecule has 0 saturated carbocycles. The molecule has 2 heterocycles. The number of aromatic nitrogens is 2. The van der Waals surface area contributed by atoms with Gasteiger partial charge < -0.3 is 10.6 Å². The van der Waals surface area contributed by atoms with Gasteiger partial charge in [-0.15, -0.1) is 0 Å². The summed E-state index contributed by atoms with van der Waals surface area (Å²) in [5.74, 6) is -0.368. The van der Waals surface area contributed by atoms with Crippen molar-refractivity contribution in [2.24, 2.45) is 5.92 Å². The SMILES string of the molecule is O=C1NC(=O)C(Cc2ccc(NC(=O)C3CCc4[nH]ncc4C3)cc2)N1. The molecular formula is C18H19N5O3. The molecule has 1 aromatic heterocycles. The van der Waals surface area contributed by atoms with Crippen molar-refractivity contribution in [1.29, 1.82) is 0 Å². The van der Waals surface area contributed by atoms with E-state index in [9.17, 15) is 14.4 Å². The fraction of sp³-hybridized carbons (Fsp3) is 0.333. The molecule has 26 heavy (non-hydrogen) atoms. The second-order valence-corrected chi connectivity index (χ2v) is 6.72. The lowest BCUT2D eigenvalue weighted by Gasteiger charge is -2.21. The Kier molecular flexibility index (Phi) is 4.16. The van der Waals surface area contributed by atoms with Crippen LogP contribution in [0.1, 0.15) is 23.2 Å². The number of benzene rings is 1. The van der Waals surface area contributed by atoms with Crippen LogP contribution >= 0.6 is 0 Å². The Labute approximate surface area is 149 Å². The van der Waals surface area contributed by atoms with Gasteiger partial charge in [0.2, 0.25) is 5.91 Å². The lowest BCUT2D eigenvalue weighted by atomic mass is 9.87. The molecule has 4 N–H and O–H groups in total. The second kappa shape index (κ2) is 6.62. The third-order valence-corrected chi connectivity index (χ3v) is 4.91. The van der Waals surface area contributed by atoms with E-state index in [0.29, 0.717) is 12.8 Å². The van der Waals surface area contributed by atoms with Crippen LogP contribution in [-0.2, 0) is 28.9 Å². The molecule has 134 valence electrons. The van der Waals surface area contributed by atoms with Gasteiger partial charge in [0.25, 0.3) is 5.91 Å². The first kappa shape index (κ1) is 16.3. The number of H-pyrrole nitrogens is 1. The maximum atomic E-state index is 12.5. The van der Waals surface area contributed by atoms with E-state index in [1.54, 1.807) is 6.20 Å². The van der Waals surface area contributed by atoms with Crippen LogP contribution in [-0.4, -0.2) is 34.1 Å². The zero-order valence-corrected chi connectivity index (χ0v) is 14.0. The van der Waals surface area contributed by atoms with Gasteiger partial charge in [0.1, 0.15) is 6.04 Å². The number of rotatable bonds is 4. The van der Waals surface area contributed by atoms with Crippen LogP contribution in [0.15, 0.2) is 30.5 Å². The normalized spacial score (nSPS) is 21.7. The Morgan fingerprint density at radius 2 is 2.04 bits per heavy atom. The minimum absolute atomic E-state index is 0.00651. The summed E-state index contributed by atoms with van der Waals surface area (Å²) >= 11 is 0. The van der Waals surface area contributed by atoms with Crippen LogP contribution < -0.4 is 16.0 Å². The molecule has 1 aliphatic carbocycles. The van der Waals surface area contributed by atoms with Crippen molar-refractivity contribution in [1.82, 2.24) is 20.8 Å². The summed E-state index contributed by atoms with van der Waals surface area (Å²) in [7, 11) is 0. The average Bonchev–Trinajstić information content (AvgIpc) is 3.22. The smallest absolute Gasteiger partial charge is 0.322 e. The van der Waals surface area contributed by atoms with Gasteiger partial charge in [-0.25, -0.2) is 4.79 Å². The molecule has 1 fully saturated rings. The maximum absolute atomic E-state index is 12.5. The summed E-state index contributed by atoms with van der Waals surface area (Å²) in [6, 6.07) is 6.32. The number of urea groups is 1. The number of aromatic amines is 1. The molecule has 8 nitrogen and oxygen atoms in total. The van der Waals surface area contributed by atoms with Gasteiger partial charge in [-0.05, 0) is 42.5 Å². The highest BCUT2D eigenvalue weighted by molar-refractivity contribution is 6.04. The molecule has 0 radical (unpaired) electrons. The largest absolute Gasteiger partial charge is 0.326 e. The summed E-state index contributed by atoms with van der Waals surface area (Å²) in [6.45, 7) is 0. The highest BCUT2D eigenvalue weighted by atomic mass is 16.2. The topological polar surface area (TPSA) is 116 Å². The van der Waals surface area contributed by atoms with E-state index >= 15 is 0 Å². The Morgan fingerprint density at radius 1 is 1.23 bits per heavy atom. The number of carbonyl (C=O) groups is 3. The third kappa shape index (κ3) is 3.30. The maximum Gasteiger partial charge on any atom is 0.322 e. The molecule has 1 aliphatic heterocycles. The number of nitrogens with zero attached hydrogens (tertiary/aromatic N) is 1. The third-order valence-electron chi connectivity index (χ3n) is 4.91. The number of aryl methyl sites for hydroxylation is 1. The van der Waals surface area contributed by atoms with Crippen molar-refractivity contribution in [3.8, 4) is 0 Å². The first-order chi connectivity index (χ1) is 12.6. The van der Waals surface area contributed by atoms with Crippen LogP contribution in [0.2, 0.25) is 0 Å². The van der Waals surface area contributed by atoms with Crippen LogP contribution in [0.3, 0.4) is 0 Å². The number of nitrogens with one attached hydrogen (secondary N) is 4. The van der Waals surface area contributed by atoms with Crippen LogP contribution in [0.4, 0.5) is 10.5 Å². The molecule has 0 bridgehead atoms. The van der Waals surface area contributed by atoms with Crippen molar-refractivity contribution >= 4 is 23.5 Å². The molecular weight excluding hydrogens is 334 g/mol. The minimum atomic E-state index is -0.547. The molecule has 1 saturated heterocycles. The lowest BCUT2D eigenvalue weighted by Crippen LogP contribution is -2.31.